The number of carbonyl (C=O) groups is 1. The Morgan fingerprint density at radius 1 is 1.25 bits per heavy atom. The summed E-state index contributed by atoms with van der Waals surface area (Å²) in [6.45, 7) is 3.90. The summed E-state index contributed by atoms with van der Waals surface area (Å²) in [5, 5.41) is 19.4. The Balaban J connectivity index is 1.84. The number of H-pyrrole nitrogens is 1. The molecule has 1 amide bonds. The summed E-state index contributed by atoms with van der Waals surface area (Å²) in [5.74, 6) is -0.416. The summed E-state index contributed by atoms with van der Waals surface area (Å²) in [5.41, 5.74) is 4.48. The van der Waals surface area contributed by atoms with Crippen molar-refractivity contribution in [2.24, 2.45) is 0 Å². The average Bonchev–Trinajstić information content (AvgIpc) is 3.15. The van der Waals surface area contributed by atoms with Crippen LogP contribution in [0.15, 0.2) is 64.8 Å². The number of amides is 1. The standard InChI is InChI=1S/C22H19BrN4O/c1-14-5-3-4-6-20(14)15(2)26-22(28)17(12-24)11-18-13-25-27-21(18)16-7-9-19(23)10-8-16/h3-11,13,15H,1-2H3,(H,25,27)(H,26,28)/b17-11+. The van der Waals surface area contributed by atoms with E-state index >= 15 is 0 Å². The third-order valence-electron chi connectivity index (χ3n) is 4.47. The van der Waals surface area contributed by atoms with Gasteiger partial charge in [-0.2, -0.15) is 10.4 Å². The van der Waals surface area contributed by atoms with Crippen LogP contribution >= 0.6 is 15.9 Å². The Morgan fingerprint density at radius 2 is 1.96 bits per heavy atom. The zero-order valence-electron chi connectivity index (χ0n) is 15.5. The number of hydrogen-bond acceptors (Lipinski definition) is 3. The largest absolute Gasteiger partial charge is 0.345 e. The van der Waals surface area contributed by atoms with Gasteiger partial charge in [-0.3, -0.25) is 9.89 Å². The normalized spacial score (nSPS) is 12.3. The summed E-state index contributed by atoms with van der Waals surface area (Å²) in [7, 11) is 0. The van der Waals surface area contributed by atoms with Crippen molar-refractivity contribution >= 4 is 27.9 Å². The first-order valence-electron chi connectivity index (χ1n) is 8.77. The third-order valence-corrected chi connectivity index (χ3v) is 5.00. The smallest absolute Gasteiger partial charge is 0.262 e. The van der Waals surface area contributed by atoms with E-state index in [1.165, 1.54) is 0 Å². The minimum absolute atomic E-state index is 0.0280. The molecular formula is C22H19BrN4O. The molecule has 140 valence electrons. The first-order chi connectivity index (χ1) is 13.5. The molecule has 0 fully saturated rings. The van der Waals surface area contributed by atoms with E-state index < -0.39 is 5.91 Å². The Hall–Kier alpha value is -3.17. The first kappa shape index (κ1) is 19.6. The van der Waals surface area contributed by atoms with Gasteiger partial charge < -0.3 is 5.32 Å². The number of hydrogen-bond donors (Lipinski definition) is 2. The second kappa shape index (κ2) is 8.68. The lowest BCUT2D eigenvalue weighted by atomic mass is 10.0. The van der Waals surface area contributed by atoms with Gasteiger partial charge in [0.2, 0.25) is 0 Å². The van der Waals surface area contributed by atoms with E-state index in [2.05, 4.69) is 31.4 Å². The summed E-state index contributed by atoms with van der Waals surface area (Å²) < 4.78 is 0.968. The number of nitrogens with one attached hydrogen (secondary N) is 2. The van der Waals surface area contributed by atoms with Crippen LogP contribution in [0.2, 0.25) is 0 Å². The van der Waals surface area contributed by atoms with Crippen molar-refractivity contribution < 1.29 is 4.79 Å². The van der Waals surface area contributed by atoms with Crippen molar-refractivity contribution in [3.63, 3.8) is 0 Å². The first-order valence-corrected chi connectivity index (χ1v) is 9.56. The zero-order chi connectivity index (χ0) is 20.1. The molecule has 28 heavy (non-hydrogen) atoms. The molecule has 0 spiro atoms. The van der Waals surface area contributed by atoms with Gasteiger partial charge in [0.15, 0.2) is 0 Å². The molecule has 6 heteroatoms. The Kier molecular flexibility index (Phi) is 6.07. The van der Waals surface area contributed by atoms with Crippen LogP contribution < -0.4 is 5.32 Å². The van der Waals surface area contributed by atoms with Crippen LogP contribution in [-0.4, -0.2) is 16.1 Å². The van der Waals surface area contributed by atoms with Crippen LogP contribution in [0.1, 0.15) is 29.7 Å². The Morgan fingerprint density at radius 3 is 2.64 bits per heavy atom. The van der Waals surface area contributed by atoms with Crippen molar-refractivity contribution in [1.29, 1.82) is 5.26 Å². The maximum Gasteiger partial charge on any atom is 0.262 e. The molecule has 2 aromatic carbocycles. The number of nitriles is 1. The Bertz CT molecular complexity index is 1060. The molecule has 1 atom stereocenters. The van der Waals surface area contributed by atoms with Gasteiger partial charge in [-0.1, -0.05) is 52.3 Å². The van der Waals surface area contributed by atoms with Gasteiger partial charge in [0, 0.05) is 15.6 Å². The fourth-order valence-electron chi connectivity index (χ4n) is 2.98. The molecule has 0 saturated carbocycles. The highest BCUT2D eigenvalue weighted by Gasteiger charge is 2.16. The van der Waals surface area contributed by atoms with Crippen LogP contribution in [0.25, 0.3) is 17.3 Å². The molecule has 0 radical (unpaired) electrons. The molecule has 1 unspecified atom stereocenters. The molecule has 0 bridgehead atoms. The topological polar surface area (TPSA) is 81.6 Å². The number of aromatic nitrogens is 2. The number of halogens is 1. The summed E-state index contributed by atoms with van der Waals surface area (Å²) in [6.07, 6.45) is 3.16. The zero-order valence-corrected chi connectivity index (χ0v) is 17.1. The SMILES string of the molecule is Cc1ccccc1C(C)NC(=O)/C(C#N)=C/c1cn[nH]c1-c1ccc(Br)cc1. The number of nitrogens with zero attached hydrogens (tertiary/aromatic N) is 2. The lowest BCUT2D eigenvalue weighted by molar-refractivity contribution is -0.117. The number of aryl methyl sites for hydroxylation is 1. The number of carbonyl (C=O) groups excluding carboxylic acids is 1. The maximum absolute atomic E-state index is 12.6. The van der Waals surface area contributed by atoms with Crippen molar-refractivity contribution in [1.82, 2.24) is 15.5 Å². The second-order valence-corrected chi connectivity index (χ2v) is 7.34. The highest BCUT2D eigenvalue weighted by atomic mass is 79.9. The van der Waals surface area contributed by atoms with Crippen molar-refractivity contribution in [3.05, 3.63) is 81.5 Å². The van der Waals surface area contributed by atoms with Gasteiger partial charge in [-0.25, -0.2) is 0 Å². The highest BCUT2D eigenvalue weighted by molar-refractivity contribution is 9.10. The molecule has 0 aliphatic heterocycles. The van der Waals surface area contributed by atoms with Gasteiger partial charge in [0.05, 0.1) is 17.9 Å². The highest BCUT2D eigenvalue weighted by Crippen LogP contribution is 2.25. The predicted octanol–water partition coefficient (Wildman–Crippen LogP) is 4.93. The Labute approximate surface area is 172 Å². The predicted molar refractivity (Wildman–Crippen MR) is 113 cm³/mol. The molecule has 0 aliphatic rings. The quantitative estimate of drug-likeness (QED) is 0.440. The number of benzene rings is 2. The van der Waals surface area contributed by atoms with Crippen molar-refractivity contribution in [2.45, 2.75) is 19.9 Å². The molecular weight excluding hydrogens is 416 g/mol. The summed E-state index contributed by atoms with van der Waals surface area (Å²) >= 11 is 3.41. The van der Waals surface area contributed by atoms with Gasteiger partial charge in [-0.15, -0.1) is 0 Å². The van der Waals surface area contributed by atoms with E-state index in [1.54, 1.807) is 12.3 Å². The molecule has 1 aromatic heterocycles. The van der Waals surface area contributed by atoms with E-state index in [1.807, 2.05) is 68.4 Å². The molecule has 3 aromatic rings. The molecule has 1 heterocycles. The van der Waals surface area contributed by atoms with Gasteiger partial charge >= 0.3 is 0 Å². The van der Waals surface area contributed by atoms with Crippen molar-refractivity contribution in [3.8, 4) is 17.3 Å². The fraction of sp³-hybridized carbons (Fsp3) is 0.136. The summed E-state index contributed by atoms with van der Waals surface area (Å²) in [6, 6.07) is 17.4. The number of rotatable bonds is 5. The van der Waals surface area contributed by atoms with Crippen molar-refractivity contribution in [2.75, 3.05) is 0 Å². The monoisotopic (exact) mass is 434 g/mol. The van der Waals surface area contributed by atoms with Crippen LogP contribution in [0, 0.1) is 18.3 Å². The van der Waals surface area contributed by atoms with E-state index in [0.29, 0.717) is 5.56 Å². The number of aromatic amines is 1. The van der Waals surface area contributed by atoms with E-state index in [0.717, 1.165) is 26.9 Å². The van der Waals surface area contributed by atoms with Gasteiger partial charge in [0.1, 0.15) is 11.6 Å². The van der Waals surface area contributed by atoms with Crippen LogP contribution in [0.4, 0.5) is 0 Å². The van der Waals surface area contributed by atoms with E-state index in [4.69, 9.17) is 0 Å². The molecule has 0 saturated heterocycles. The van der Waals surface area contributed by atoms with E-state index in [9.17, 15) is 10.1 Å². The lowest BCUT2D eigenvalue weighted by Crippen LogP contribution is -2.28. The van der Waals surface area contributed by atoms with Crippen LogP contribution in [-0.2, 0) is 4.79 Å². The average molecular weight is 435 g/mol. The maximum atomic E-state index is 12.6. The summed E-state index contributed by atoms with van der Waals surface area (Å²) in [4.78, 5) is 12.6. The molecule has 2 N–H and O–H groups in total. The second-order valence-electron chi connectivity index (χ2n) is 6.43. The van der Waals surface area contributed by atoms with Crippen LogP contribution in [0.5, 0.6) is 0 Å². The van der Waals surface area contributed by atoms with Gasteiger partial charge in [-0.05, 0) is 43.2 Å². The molecule has 0 aliphatic carbocycles. The van der Waals surface area contributed by atoms with Gasteiger partial charge in [0.25, 0.3) is 5.91 Å². The fourth-order valence-corrected chi connectivity index (χ4v) is 3.25. The van der Waals surface area contributed by atoms with E-state index in [-0.39, 0.29) is 11.6 Å². The lowest BCUT2D eigenvalue weighted by Gasteiger charge is -2.16. The third kappa shape index (κ3) is 4.38. The molecule has 5 nitrogen and oxygen atoms in total. The minimum atomic E-state index is -0.416. The van der Waals surface area contributed by atoms with Crippen LogP contribution in [0.3, 0.4) is 0 Å². The minimum Gasteiger partial charge on any atom is -0.345 e. The molecule has 3 rings (SSSR count).